The highest BCUT2D eigenvalue weighted by Gasteiger charge is 2.43. The first-order chi connectivity index (χ1) is 12.0. The lowest BCUT2D eigenvalue weighted by molar-refractivity contribution is -0.0351. The van der Waals surface area contributed by atoms with Gasteiger partial charge in [0.25, 0.3) is 11.9 Å². The normalized spacial score (nSPS) is 27.9. The second-order valence-corrected chi connectivity index (χ2v) is 7.04. The minimum atomic E-state index is -0.392. The molecule has 0 unspecified atom stereocenters. The van der Waals surface area contributed by atoms with E-state index in [0.29, 0.717) is 11.7 Å². The smallest absolute Gasteiger partial charge is 0.290 e. The van der Waals surface area contributed by atoms with Crippen LogP contribution in [0.4, 0.5) is 4.39 Å². The first kappa shape index (κ1) is 16.1. The lowest BCUT2D eigenvalue weighted by Crippen LogP contribution is -2.65. The molecule has 0 aliphatic carbocycles. The average Bonchev–Trinajstić information content (AvgIpc) is 3.04. The molecule has 1 N–H and O–H groups in total. The summed E-state index contributed by atoms with van der Waals surface area (Å²) in [5.41, 5.74) is -0.325. The highest BCUT2D eigenvalue weighted by atomic mass is 19.1. The molecule has 2 bridgehead atoms. The van der Waals surface area contributed by atoms with E-state index in [1.807, 2.05) is 0 Å². The van der Waals surface area contributed by atoms with Crippen LogP contribution < -0.4 is 10.1 Å². The van der Waals surface area contributed by atoms with Crippen LogP contribution >= 0.6 is 0 Å². The second-order valence-electron chi connectivity index (χ2n) is 7.04. The summed E-state index contributed by atoms with van der Waals surface area (Å²) in [6, 6.07) is 8.91. The Bertz CT molecular complexity index is 782. The third-order valence-corrected chi connectivity index (χ3v) is 5.20. The van der Waals surface area contributed by atoms with Gasteiger partial charge in [-0.1, -0.05) is 6.07 Å². The van der Waals surface area contributed by atoms with Gasteiger partial charge in [-0.15, -0.1) is 0 Å². The summed E-state index contributed by atoms with van der Waals surface area (Å²) in [5.74, 6) is 0.699. The molecule has 3 aliphatic heterocycles. The summed E-state index contributed by atoms with van der Waals surface area (Å²) in [7, 11) is 0. The van der Waals surface area contributed by atoms with Crippen LogP contribution in [-0.4, -0.2) is 29.6 Å². The summed E-state index contributed by atoms with van der Waals surface area (Å²) < 4.78 is 24.1. The molecule has 1 atom stereocenters. The number of piperidine rings is 3. The van der Waals surface area contributed by atoms with Crippen LogP contribution in [0.15, 0.2) is 40.8 Å². The van der Waals surface area contributed by atoms with Crippen molar-refractivity contribution in [3.63, 3.8) is 0 Å². The molecule has 3 aliphatic rings. The van der Waals surface area contributed by atoms with Crippen LogP contribution in [0, 0.1) is 11.7 Å². The van der Waals surface area contributed by atoms with E-state index in [4.69, 9.17) is 9.15 Å². The minimum Gasteiger partial charge on any atom is -0.426 e. The van der Waals surface area contributed by atoms with Crippen molar-refractivity contribution in [1.29, 1.82) is 0 Å². The quantitative estimate of drug-likeness (QED) is 0.917. The Kier molecular flexibility index (Phi) is 4.00. The van der Waals surface area contributed by atoms with Gasteiger partial charge in [0.1, 0.15) is 11.6 Å². The molecule has 0 spiro atoms. The Labute approximate surface area is 145 Å². The fourth-order valence-corrected chi connectivity index (χ4v) is 3.90. The second kappa shape index (κ2) is 6.19. The Morgan fingerprint density at radius 1 is 1.32 bits per heavy atom. The highest BCUT2D eigenvalue weighted by Crippen LogP contribution is 2.37. The van der Waals surface area contributed by atoms with Crippen molar-refractivity contribution in [2.45, 2.75) is 31.8 Å². The van der Waals surface area contributed by atoms with Gasteiger partial charge in [-0.3, -0.25) is 9.69 Å². The number of carbonyl (C=O) groups is 1. The van der Waals surface area contributed by atoms with Gasteiger partial charge in [-0.05, 0) is 50.3 Å². The Balaban J connectivity index is 1.44. The van der Waals surface area contributed by atoms with E-state index >= 15 is 0 Å². The fourth-order valence-electron chi connectivity index (χ4n) is 3.90. The standard InChI is InChI=1S/C19H21FN2O3/c1-19(12-13-7-9-22(19)10-8-13)21-18(23)16-5-6-17(25-16)24-15-4-2-3-14(20)11-15/h2-6,11,13H,7-10,12H2,1H3,(H,21,23)/t19-/m0/s1. The van der Waals surface area contributed by atoms with Gasteiger partial charge in [-0.25, -0.2) is 4.39 Å². The summed E-state index contributed by atoms with van der Waals surface area (Å²) in [4.78, 5) is 14.9. The van der Waals surface area contributed by atoms with Crippen LogP contribution in [0.2, 0.25) is 0 Å². The van der Waals surface area contributed by atoms with Crippen molar-refractivity contribution in [3.8, 4) is 11.7 Å². The molecule has 4 heterocycles. The maximum absolute atomic E-state index is 13.2. The summed E-state index contributed by atoms with van der Waals surface area (Å²) in [6.45, 7) is 4.12. The molecule has 6 heteroatoms. The maximum Gasteiger partial charge on any atom is 0.290 e. The van der Waals surface area contributed by atoms with Crippen molar-refractivity contribution in [3.05, 3.63) is 48.0 Å². The third-order valence-electron chi connectivity index (χ3n) is 5.20. The summed E-state index contributed by atoms with van der Waals surface area (Å²) in [6.07, 6.45) is 3.38. The number of halogens is 1. The van der Waals surface area contributed by atoms with Crippen LogP contribution in [-0.2, 0) is 0 Å². The molecule has 0 radical (unpaired) electrons. The van der Waals surface area contributed by atoms with Gasteiger partial charge in [-0.2, -0.15) is 0 Å². The van der Waals surface area contributed by atoms with Gasteiger partial charge in [0.05, 0.1) is 5.66 Å². The average molecular weight is 344 g/mol. The first-order valence-electron chi connectivity index (χ1n) is 8.63. The molecule has 0 saturated carbocycles. The van der Waals surface area contributed by atoms with E-state index < -0.39 is 5.82 Å². The van der Waals surface area contributed by atoms with E-state index in [9.17, 15) is 9.18 Å². The number of rotatable bonds is 4. The molecule has 5 rings (SSSR count). The number of fused-ring (bicyclic) bond motifs is 3. The number of nitrogens with one attached hydrogen (secondary N) is 1. The van der Waals surface area contributed by atoms with Gasteiger partial charge in [0.15, 0.2) is 5.76 Å². The molecule has 5 nitrogen and oxygen atoms in total. The minimum absolute atomic E-state index is 0.159. The van der Waals surface area contributed by atoms with Crippen LogP contribution in [0.3, 0.4) is 0 Å². The van der Waals surface area contributed by atoms with E-state index in [0.717, 1.165) is 19.5 Å². The molecule has 1 aromatic heterocycles. The number of hydrogen-bond acceptors (Lipinski definition) is 4. The van der Waals surface area contributed by atoms with Gasteiger partial charge >= 0.3 is 0 Å². The van der Waals surface area contributed by atoms with Gasteiger partial charge in [0.2, 0.25) is 0 Å². The van der Waals surface area contributed by atoms with E-state index in [1.54, 1.807) is 24.3 Å². The largest absolute Gasteiger partial charge is 0.426 e. The molecule has 1 amide bonds. The van der Waals surface area contributed by atoms with Crippen molar-refractivity contribution in [2.75, 3.05) is 13.1 Å². The number of benzene rings is 1. The van der Waals surface area contributed by atoms with Crippen molar-refractivity contribution in [2.24, 2.45) is 5.92 Å². The molecule has 25 heavy (non-hydrogen) atoms. The van der Waals surface area contributed by atoms with Crippen molar-refractivity contribution < 1.29 is 18.3 Å². The van der Waals surface area contributed by atoms with E-state index in [2.05, 4.69) is 17.1 Å². The number of carbonyl (C=O) groups excluding carboxylic acids is 1. The lowest BCUT2D eigenvalue weighted by atomic mass is 9.80. The van der Waals surface area contributed by atoms with Gasteiger partial charge in [0, 0.05) is 25.2 Å². The molecule has 3 saturated heterocycles. The van der Waals surface area contributed by atoms with E-state index in [-0.39, 0.29) is 23.3 Å². The number of furan rings is 1. The molecule has 3 fully saturated rings. The Morgan fingerprint density at radius 2 is 2.12 bits per heavy atom. The molecule has 132 valence electrons. The third kappa shape index (κ3) is 3.26. The first-order valence-corrected chi connectivity index (χ1v) is 8.63. The maximum atomic E-state index is 13.2. The van der Waals surface area contributed by atoms with Crippen LogP contribution in [0.25, 0.3) is 0 Å². The lowest BCUT2D eigenvalue weighted by Gasteiger charge is -2.52. The predicted molar refractivity (Wildman–Crippen MR) is 90.0 cm³/mol. The SMILES string of the molecule is C[C@@]1(NC(=O)c2ccc(Oc3cccc(F)c3)o2)CC2CCN1CC2. The predicted octanol–water partition coefficient (Wildman–Crippen LogP) is 3.77. The summed E-state index contributed by atoms with van der Waals surface area (Å²) in [5, 5.41) is 3.11. The number of nitrogens with zero attached hydrogens (tertiary/aromatic N) is 1. The number of amides is 1. The topological polar surface area (TPSA) is 54.7 Å². The summed E-state index contributed by atoms with van der Waals surface area (Å²) >= 11 is 0. The fraction of sp³-hybridized carbons (Fsp3) is 0.421. The molecular formula is C19H21FN2O3. The monoisotopic (exact) mass is 344 g/mol. The van der Waals surface area contributed by atoms with E-state index in [1.165, 1.54) is 25.0 Å². The Morgan fingerprint density at radius 3 is 2.80 bits per heavy atom. The number of hydrogen-bond donors (Lipinski definition) is 1. The zero-order chi connectivity index (χ0) is 17.4. The zero-order valence-electron chi connectivity index (χ0n) is 14.1. The number of ether oxygens (including phenoxy) is 1. The van der Waals surface area contributed by atoms with Crippen molar-refractivity contribution >= 4 is 5.91 Å². The highest BCUT2D eigenvalue weighted by molar-refractivity contribution is 5.92. The van der Waals surface area contributed by atoms with Crippen LogP contribution in [0.5, 0.6) is 11.7 Å². The molecular weight excluding hydrogens is 323 g/mol. The zero-order valence-corrected chi connectivity index (χ0v) is 14.1. The van der Waals surface area contributed by atoms with Crippen LogP contribution in [0.1, 0.15) is 36.7 Å². The Hall–Kier alpha value is -2.34. The van der Waals surface area contributed by atoms with Crippen molar-refractivity contribution in [1.82, 2.24) is 10.2 Å². The van der Waals surface area contributed by atoms with Gasteiger partial charge < -0.3 is 14.5 Å². The molecule has 1 aromatic carbocycles. The molecule has 2 aromatic rings.